The van der Waals surface area contributed by atoms with E-state index in [0.29, 0.717) is 0 Å². The van der Waals surface area contributed by atoms with Crippen LogP contribution >= 0.6 is 0 Å². The fourth-order valence-corrected chi connectivity index (χ4v) is 2.05. The highest BCUT2D eigenvalue weighted by molar-refractivity contribution is 5.63. The van der Waals surface area contributed by atoms with Crippen LogP contribution in [-0.2, 0) is 0 Å². The molecule has 0 aliphatic heterocycles. The highest BCUT2D eigenvalue weighted by Crippen LogP contribution is 2.19. The molecule has 0 aliphatic rings. The second kappa shape index (κ2) is 6.05. The fourth-order valence-electron chi connectivity index (χ4n) is 2.05. The Morgan fingerprint density at radius 3 is 2.48 bits per heavy atom. The second-order valence-electron chi connectivity index (χ2n) is 4.77. The van der Waals surface area contributed by atoms with Crippen LogP contribution in [-0.4, -0.2) is 9.97 Å². The van der Waals surface area contributed by atoms with Crippen LogP contribution < -0.4 is 10.9 Å². The van der Waals surface area contributed by atoms with Gasteiger partial charge in [-0.05, 0) is 25.1 Å². The SMILES string of the molecule is Cc1cccc(-c2cc(NNc3ccccc3)ncn2)c1. The molecular formula is C17H16N4. The van der Waals surface area contributed by atoms with Gasteiger partial charge >= 0.3 is 0 Å². The Morgan fingerprint density at radius 1 is 0.810 bits per heavy atom. The fraction of sp³-hybridized carbons (Fsp3) is 0.0588. The van der Waals surface area contributed by atoms with Gasteiger partial charge in [0.05, 0.1) is 11.4 Å². The number of aromatic nitrogens is 2. The van der Waals surface area contributed by atoms with Gasteiger partial charge in [0.2, 0.25) is 0 Å². The lowest BCUT2D eigenvalue weighted by molar-refractivity contribution is 1.16. The van der Waals surface area contributed by atoms with E-state index < -0.39 is 0 Å². The van der Waals surface area contributed by atoms with E-state index in [1.807, 2.05) is 48.5 Å². The molecule has 3 rings (SSSR count). The van der Waals surface area contributed by atoms with Gasteiger partial charge in [0.25, 0.3) is 0 Å². The minimum Gasteiger partial charge on any atom is -0.300 e. The molecule has 1 aromatic heterocycles. The number of aryl methyl sites for hydroxylation is 1. The van der Waals surface area contributed by atoms with Crippen LogP contribution in [0.3, 0.4) is 0 Å². The molecule has 0 bridgehead atoms. The van der Waals surface area contributed by atoms with Crippen molar-refractivity contribution in [2.24, 2.45) is 0 Å². The van der Waals surface area contributed by atoms with Crippen LogP contribution in [0.15, 0.2) is 67.0 Å². The van der Waals surface area contributed by atoms with Crippen molar-refractivity contribution in [1.29, 1.82) is 0 Å². The number of para-hydroxylation sites is 1. The van der Waals surface area contributed by atoms with E-state index in [0.717, 1.165) is 22.8 Å². The lowest BCUT2D eigenvalue weighted by atomic mass is 10.1. The zero-order valence-corrected chi connectivity index (χ0v) is 11.7. The second-order valence-corrected chi connectivity index (χ2v) is 4.77. The van der Waals surface area contributed by atoms with E-state index in [2.05, 4.69) is 39.9 Å². The topological polar surface area (TPSA) is 49.8 Å². The first-order chi connectivity index (χ1) is 10.3. The Kier molecular flexibility index (Phi) is 3.78. The molecule has 0 fully saturated rings. The number of nitrogens with one attached hydrogen (secondary N) is 2. The molecule has 0 spiro atoms. The lowest BCUT2D eigenvalue weighted by Gasteiger charge is -2.09. The first-order valence-corrected chi connectivity index (χ1v) is 6.77. The highest BCUT2D eigenvalue weighted by atomic mass is 15.4. The van der Waals surface area contributed by atoms with E-state index in [9.17, 15) is 0 Å². The maximum absolute atomic E-state index is 4.33. The van der Waals surface area contributed by atoms with Gasteiger partial charge in [-0.2, -0.15) is 0 Å². The molecule has 0 radical (unpaired) electrons. The van der Waals surface area contributed by atoms with Crippen molar-refractivity contribution in [1.82, 2.24) is 9.97 Å². The first kappa shape index (κ1) is 13.1. The number of anilines is 2. The summed E-state index contributed by atoms with van der Waals surface area (Å²) >= 11 is 0. The summed E-state index contributed by atoms with van der Waals surface area (Å²) in [5.41, 5.74) is 10.4. The van der Waals surface area contributed by atoms with Gasteiger partial charge in [0.15, 0.2) is 0 Å². The van der Waals surface area contributed by atoms with Crippen LogP contribution in [0, 0.1) is 6.92 Å². The van der Waals surface area contributed by atoms with Gasteiger partial charge in [0, 0.05) is 11.6 Å². The van der Waals surface area contributed by atoms with Crippen molar-refractivity contribution in [2.75, 3.05) is 10.9 Å². The molecule has 104 valence electrons. The van der Waals surface area contributed by atoms with Gasteiger partial charge in [0.1, 0.15) is 12.1 Å². The van der Waals surface area contributed by atoms with Crippen LogP contribution in [0.4, 0.5) is 11.5 Å². The lowest BCUT2D eigenvalue weighted by Crippen LogP contribution is -2.10. The molecule has 0 atom stereocenters. The molecule has 1 heterocycles. The Bertz CT molecular complexity index is 726. The Morgan fingerprint density at radius 2 is 1.67 bits per heavy atom. The molecule has 0 amide bonds. The molecule has 21 heavy (non-hydrogen) atoms. The zero-order chi connectivity index (χ0) is 14.5. The molecule has 2 N–H and O–H groups in total. The number of hydrazine groups is 1. The zero-order valence-electron chi connectivity index (χ0n) is 11.7. The summed E-state index contributed by atoms with van der Waals surface area (Å²) in [5.74, 6) is 0.727. The molecular weight excluding hydrogens is 260 g/mol. The van der Waals surface area contributed by atoms with Crippen LogP contribution in [0.25, 0.3) is 11.3 Å². The van der Waals surface area contributed by atoms with E-state index in [-0.39, 0.29) is 0 Å². The minimum absolute atomic E-state index is 0.727. The standard InChI is InChI=1S/C17H16N4/c1-13-6-5-7-14(10-13)16-11-17(19-12-18-16)21-20-15-8-3-2-4-9-15/h2-12,20H,1H3,(H,18,19,21). The van der Waals surface area contributed by atoms with E-state index in [1.54, 1.807) is 6.33 Å². The van der Waals surface area contributed by atoms with Crippen LogP contribution in [0.1, 0.15) is 5.56 Å². The summed E-state index contributed by atoms with van der Waals surface area (Å²) in [6.45, 7) is 2.07. The third-order valence-corrected chi connectivity index (χ3v) is 3.09. The van der Waals surface area contributed by atoms with Crippen molar-refractivity contribution < 1.29 is 0 Å². The van der Waals surface area contributed by atoms with Crippen molar-refractivity contribution in [3.8, 4) is 11.3 Å². The van der Waals surface area contributed by atoms with Crippen molar-refractivity contribution in [2.45, 2.75) is 6.92 Å². The molecule has 0 saturated carbocycles. The van der Waals surface area contributed by atoms with Crippen molar-refractivity contribution in [3.05, 3.63) is 72.6 Å². The predicted octanol–water partition coefficient (Wildman–Crippen LogP) is 3.89. The summed E-state index contributed by atoms with van der Waals surface area (Å²) in [7, 11) is 0. The molecule has 0 aliphatic carbocycles. The number of hydrogen-bond acceptors (Lipinski definition) is 4. The summed E-state index contributed by atoms with van der Waals surface area (Å²) in [5, 5.41) is 0. The smallest absolute Gasteiger partial charge is 0.148 e. The van der Waals surface area contributed by atoms with E-state index in [1.165, 1.54) is 5.56 Å². The summed E-state index contributed by atoms with van der Waals surface area (Å²) < 4.78 is 0. The minimum atomic E-state index is 0.727. The monoisotopic (exact) mass is 276 g/mol. The number of benzene rings is 2. The Labute approximate surface area is 123 Å². The average molecular weight is 276 g/mol. The average Bonchev–Trinajstić information content (AvgIpc) is 2.54. The van der Waals surface area contributed by atoms with Crippen molar-refractivity contribution in [3.63, 3.8) is 0 Å². The molecule has 0 unspecified atom stereocenters. The Balaban J connectivity index is 1.77. The summed E-state index contributed by atoms with van der Waals surface area (Å²) in [6.07, 6.45) is 1.56. The van der Waals surface area contributed by atoms with Gasteiger partial charge in [-0.1, -0.05) is 42.0 Å². The molecule has 2 aromatic carbocycles. The van der Waals surface area contributed by atoms with Gasteiger partial charge in [-0.15, -0.1) is 0 Å². The third-order valence-electron chi connectivity index (χ3n) is 3.09. The largest absolute Gasteiger partial charge is 0.300 e. The Hall–Kier alpha value is -2.88. The van der Waals surface area contributed by atoms with E-state index in [4.69, 9.17) is 0 Å². The third kappa shape index (κ3) is 3.36. The molecule has 3 aromatic rings. The quantitative estimate of drug-likeness (QED) is 0.710. The number of hydrogen-bond donors (Lipinski definition) is 2. The van der Waals surface area contributed by atoms with Crippen LogP contribution in [0.5, 0.6) is 0 Å². The molecule has 0 saturated heterocycles. The summed E-state index contributed by atoms with van der Waals surface area (Å²) in [6, 6.07) is 20.1. The first-order valence-electron chi connectivity index (χ1n) is 6.77. The normalized spacial score (nSPS) is 10.1. The van der Waals surface area contributed by atoms with E-state index >= 15 is 0 Å². The van der Waals surface area contributed by atoms with Gasteiger partial charge in [-0.25, -0.2) is 9.97 Å². The van der Waals surface area contributed by atoms with Gasteiger partial charge in [-0.3, -0.25) is 10.9 Å². The van der Waals surface area contributed by atoms with Gasteiger partial charge < -0.3 is 0 Å². The van der Waals surface area contributed by atoms with Crippen molar-refractivity contribution >= 4 is 11.5 Å². The molecule has 4 nitrogen and oxygen atoms in total. The predicted molar refractivity (Wildman–Crippen MR) is 85.9 cm³/mol. The highest BCUT2D eigenvalue weighted by Gasteiger charge is 2.02. The summed E-state index contributed by atoms with van der Waals surface area (Å²) in [4.78, 5) is 8.54. The maximum atomic E-state index is 4.33. The maximum Gasteiger partial charge on any atom is 0.148 e. The van der Waals surface area contributed by atoms with Crippen LogP contribution in [0.2, 0.25) is 0 Å². The molecule has 4 heteroatoms. The number of nitrogens with zero attached hydrogens (tertiary/aromatic N) is 2. The number of rotatable bonds is 4.